The van der Waals surface area contributed by atoms with Crippen molar-refractivity contribution < 1.29 is 9.53 Å². The van der Waals surface area contributed by atoms with Gasteiger partial charge in [-0.2, -0.15) is 5.26 Å². The molecule has 1 aliphatic carbocycles. The number of aryl methyl sites for hydroxylation is 1. The van der Waals surface area contributed by atoms with Gasteiger partial charge in [-0.25, -0.2) is 4.98 Å². The van der Waals surface area contributed by atoms with Crippen LogP contribution < -0.4 is 10.2 Å². The Morgan fingerprint density at radius 1 is 1.15 bits per heavy atom. The number of nitrogens with one attached hydrogen (secondary N) is 1. The van der Waals surface area contributed by atoms with Crippen molar-refractivity contribution in [3.05, 3.63) is 71.2 Å². The zero-order chi connectivity index (χ0) is 22.8. The van der Waals surface area contributed by atoms with Crippen molar-refractivity contribution in [3.63, 3.8) is 0 Å². The van der Waals surface area contributed by atoms with Crippen LogP contribution in [0, 0.1) is 18.3 Å². The van der Waals surface area contributed by atoms with Gasteiger partial charge in [0.25, 0.3) is 5.91 Å². The third kappa shape index (κ3) is 4.57. The summed E-state index contributed by atoms with van der Waals surface area (Å²) in [5.41, 5.74) is 5.64. The quantitative estimate of drug-likeness (QED) is 0.638. The van der Waals surface area contributed by atoms with E-state index in [2.05, 4.69) is 26.3 Å². The van der Waals surface area contributed by atoms with Crippen molar-refractivity contribution in [2.24, 2.45) is 0 Å². The van der Waals surface area contributed by atoms with Gasteiger partial charge in [-0.3, -0.25) is 9.78 Å². The Morgan fingerprint density at radius 3 is 2.73 bits per heavy atom. The van der Waals surface area contributed by atoms with E-state index < -0.39 is 0 Å². The van der Waals surface area contributed by atoms with Gasteiger partial charge in [-0.05, 0) is 61.2 Å². The first kappa shape index (κ1) is 21.1. The molecule has 1 aromatic carbocycles. The van der Waals surface area contributed by atoms with Gasteiger partial charge in [0, 0.05) is 53.9 Å². The fraction of sp³-hybridized carbons (Fsp3) is 0.308. The summed E-state index contributed by atoms with van der Waals surface area (Å²) in [4.78, 5) is 23.9. The number of carbonyl (C=O) groups is 1. The van der Waals surface area contributed by atoms with Crippen LogP contribution in [-0.4, -0.2) is 42.2 Å². The van der Waals surface area contributed by atoms with Gasteiger partial charge < -0.3 is 15.0 Å². The second-order valence-corrected chi connectivity index (χ2v) is 8.53. The lowest BCUT2D eigenvalue weighted by Gasteiger charge is -2.28. The van der Waals surface area contributed by atoms with Crippen LogP contribution in [0.1, 0.15) is 45.9 Å². The highest BCUT2D eigenvalue weighted by Gasteiger charge is 2.25. The summed E-state index contributed by atoms with van der Waals surface area (Å²) in [7, 11) is 0. The van der Waals surface area contributed by atoms with Crippen molar-refractivity contribution >= 4 is 17.4 Å². The summed E-state index contributed by atoms with van der Waals surface area (Å²) in [5.74, 6) is 1.02. The number of anilines is 2. The van der Waals surface area contributed by atoms with Crippen LogP contribution >= 0.6 is 0 Å². The summed E-state index contributed by atoms with van der Waals surface area (Å²) in [6.45, 7) is 4.72. The first-order valence-corrected chi connectivity index (χ1v) is 11.2. The van der Waals surface area contributed by atoms with Crippen LogP contribution in [0.5, 0.6) is 0 Å². The van der Waals surface area contributed by atoms with E-state index >= 15 is 0 Å². The van der Waals surface area contributed by atoms with Gasteiger partial charge in [-0.15, -0.1) is 0 Å². The molecule has 3 aromatic rings. The number of hydrogen-bond acceptors (Lipinski definition) is 6. The number of aromatic nitrogens is 2. The normalized spacial score (nSPS) is 15.7. The minimum Gasteiger partial charge on any atom is -0.378 e. The summed E-state index contributed by atoms with van der Waals surface area (Å²) in [6, 6.07) is 13.6. The van der Waals surface area contributed by atoms with Crippen molar-refractivity contribution in [1.29, 1.82) is 5.26 Å². The standard InChI is InChI=1S/C26H25N5O2/c1-17-2-5-22(30-26(32)19-6-7-28-24(13-19)18-3-4-18)14-23(17)21-12-20(15-27)25(29-16-21)31-8-10-33-11-9-31/h2,5-7,12-14,16,18H,3-4,8-11H2,1H3,(H,30,32). The summed E-state index contributed by atoms with van der Waals surface area (Å²) >= 11 is 0. The molecule has 0 atom stereocenters. The average Bonchev–Trinajstić information content (AvgIpc) is 3.71. The third-order valence-corrected chi connectivity index (χ3v) is 6.14. The van der Waals surface area contributed by atoms with Gasteiger partial charge in [0.2, 0.25) is 0 Å². The van der Waals surface area contributed by atoms with Crippen molar-refractivity contribution in [3.8, 4) is 17.2 Å². The predicted octanol–water partition coefficient (Wildman–Crippen LogP) is 4.29. The van der Waals surface area contributed by atoms with E-state index in [1.165, 1.54) is 0 Å². The lowest BCUT2D eigenvalue weighted by molar-refractivity contribution is 0.102. The number of rotatable bonds is 5. The SMILES string of the molecule is Cc1ccc(NC(=O)c2ccnc(C3CC3)c2)cc1-c1cnc(N2CCOCC2)c(C#N)c1. The molecular formula is C26H25N5O2. The maximum absolute atomic E-state index is 12.9. The Balaban J connectivity index is 1.40. The molecule has 3 heterocycles. The van der Waals surface area contributed by atoms with Crippen LogP contribution in [0.3, 0.4) is 0 Å². The molecule has 1 saturated heterocycles. The second kappa shape index (κ2) is 9.00. The Morgan fingerprint density at radius 2 is 1.97 bits per heavy atom. The molecule has 7 heteroatoms. The smallest absolute Gasteiger partial charge is 0.255 e. The van der Waals surface area contributed by atoms with Gasteiger partial charge in [-0.1, -0.05) is 6.07 Å². The average molecular weight is 440 g/mol. The maximum atomic E-state index is 12.9. The van der Waals surface area contributed by atoms with E-state index in [9.17, 15) is 10.1 Å². The molecule has 0 radical (unpaired) electrons. The van der Waals surface area contributed by atoms with Crippen molar-refractivity contribution in [2.45, 2.75) is 25.7 Å². The van der Waals surface area contributed by atoms with Gasteiger partial charge in [0.05, 0.1) is 18.8 Å². The highest BCUT2D eigenvalue weighted by atomic mass is 16.5. The molecule has 7 nitrogen and oxygen atoms in total. The topological polar surface area (TPSA) is 91.1 Å². The molecule has 1 saturated carbocycles. The number of benzene rings is 1. The van der Waals surface area contributed by atoms with E-state index in [0.717, 1.165) is 48.3 Å². The number of carbonyl (C=O) groups excluding carboxylic acids is 1. The maximum Gasteiger partial charge on any atom is 0.255 e. The van der Waals surface area contributed by atoms with Gasteiger partial charge >= 0.3 is 0 Å². The van der Waals surface area contributed by atoms with Crippen LogP contribution in [0.4, 0.5) is 11.5 Å². The number of pyridine rings is 2. The monoisotopic (exact) mass is 439 g/mol. The number of hydrogen-bond donors (Lipinski definition) is 1. The fourth-order valence-corrected chi connectivity index (χ4v) is 4.12. The fourth-order valence-electron chi connectivity index (χ4n) is 4.12. The first-order chi connectivity index (χ1) is 16.1. The minimum atomic E-state index is -0.160. The number of nitriles is 1. The zero-order valence-electron chi connectivity index (χ0n) is 18.5. The third-order valence-electron chi connectivity index (χ3n) is 6.14. The second-order valence-electron chi connectivity index (χ2n) is 8.53. The molecule has 2 aliphatic rings. The summed E-state index contributed by atoms with van der Waals surface area (Å²) in [6.07, 6.45) is 5.78. The molecule has 33 heavy (non-hydrogen) atoms. The molecular weight excluding hydrogens is 414 g/mol. The number of morpholine rings is 1. The van der Waals surface area contributed by atoms with Gasteiger partial charge in [0.1, 0.15) is 11.9 Å². The highest BCUT2D eigenvalue weighted by Crippen LogP contribution is 2.39. The lowest BCUT2D eigenvalue weighted by atomic mass is 9.99. The van der Waals surface area contributed by atoms with E-state index in [-0.39, 0.29) is 5.91 Å². The van der Waals surface area contributed by atoms with Crippen LogP contribution in [0.2, 0.25) is 0 Å². The van der Waals surface area contributed by atoms with Crippen molar-refractivity contribution in [1.82, 2.24) is 9.97 Å². The Bertz CT molecular complexity index is 1240. The lowest BCUT2D eigenvalue weighted by Crippen LogP contribution is -2.37. The molecule has 2 aromatic heterocycles. The van der Waals surface area contributed by atoms with Crippen LogP contribution in [0.25, 0.3) is 11.1 Å². The molecule has 0 unspecified atom stereocenters. The van der Waals surface area contributed by atoms with Crippen LogP contribution in [-0.2, 0) is 4.74 Å². The number of amides is 1. The van der Waals surface area contributed by atoms with E-state index in [0.29, 0.717) is 41.8 Å². The molecule has 1 aliphatic heterocycles. The van der Waals surface area contributed by atoms with E-state index in [1.54, 1.807) is 18.5 Å². The van der Waals surface area contributed by atoms with Crippen LogP contribution in [0.15, 0.2) is 48.8 Å². The zero-order valence-corrected chi connectivity index (χ0v) is 18.5. The Labute approximate surface area is 193 Å². The minimum absolute atomic E-state index is 0.160. The highest BCUT2D eigenvalue weighted by molar-refractivity contribution is 6.04. The summed E-state index contributed by atoms with van der Waals surface area (Å²) in [5, 5.41) is 12.7. The summed E-state index contributed by atoms with van der Waals surface area (Å²) < 4.78 is 5.41. The molecule has 0 spiro atoms. The predicted molar refractivity (Wildman–Crippen MR) is 126 cm³/mol. The Kier molecular flexibility index (Phi) is 5.76. The number of ether oxygens (including phenoxy) is 1. The molecule has 166 valence electrons. The number of nitrogens with zero attached hydrogens (tertiary/aromatic N) is 4. The Hall–Kier alpha value is -3.76. The molecule has 0 bridgehead atoms. The molecule has 5 rings (SSSR count). The molecule has 1 N–H and O–H groups in total. The molecule has 1 amide bonds. The first-order valence-electron chi connectivity index (χ1n) is 11.2. The van der Waals surface area contributed by atoms with Gasteiger partial charge in [0.15, 0.2) is 0 Å². The van der Waals surface area contributed by atoms with Crippen molar-refractivity contribution in [2.75, 3.05) is 36.5 Å². The largest absolute Gasteiger partial charge is 0.378 e. The van der Waals surface area contributed by atoms with E-state index in [4.69, 9.17) is 4.74 Å². The molecule has 2 fully saturated rings. The van der Waals surface area contributed by atoms with E-state index in [1.807, 2.05) is 37.3 Å².